The fourth-order valence-corrected chi connectivity index (χ4v) is 2.27. The Morgan fingerprint density at radius 2 is 2.18 bits per heavy atom. The number of nitrogens with two attached hydrogens (primary N) is 1. The van der Waals surface area contributed by atoms with Gasteiger partial charge in [-0.2, -0.15) is 13.2 Å². The van der Waals surface area contributed by atoms with E-state index in [1.54, 1.807) is 0 Å². The van der Waals surface area contributed by atoms with Crippen LogP contribution in [0.3, 0.4) is 0 Å². The third-order valence-corrected chi connectivity index (χ3v) is 3.40. The van der Waals surface area contributed by atoms with Crippen LogP contribution in [0.1, 0.15) is 6.42 Å². The van der Waals surface area contributed by atoms with Crippen molar-refractivity contribution >= 4 is 0 Å². The molecule has 1 fully saturated rings. The summed E-state index contributed by atoms with van der Waals surface area (Å²) in [5.41, 5.74) is 5.44. The van der Waals surface area contributed by atoms with Gasteiger partial charge in [-0.25, -0.2) is 0 Å². The molecule has 1 saturated heterocycles. The molecule has 17 heavy (non-hydrogen) atoms. The molecular weight excluding hydrogens is 233 g/mol. The minimum atomic E-state index is -4.17. The van der Waals surface area contributed by atoms with Crippen LogP contribution in [0.5, 0.6) is 0 Å². The first kappa shape index (κ1) is 12.9. The Kier molecular flexibility index (Phi) is 3.75. The van der Waals surface area contributed by atoms with Gasteiger partial charge in [0.05, 0.1) is 13.2 Å². The fraction of sp³-hybridized carbons (Fsp3) is 0.818. The summed E-state index contributed by atoms with van der Waals surface area (Å²) in [6.07, 6.45) is -2.81. The molecule has 0 radical (unpaired) electrons. The van der Waals surface area contributed by atoms with E-state index in [0.29, 0.717) is 26.3 Å². The molecule has 3 nitrogen and oxygen atoms in total. The molecule has 0 spiro atoms. The van der Waals surface area contributed by atoms with Crippen LogP contribution in [0.25, 0.3) is 0 Å². The number of nitrogens with zero attached hydrogens (tertiary/aromatic N) is 1. The molecule has 2 aliphatic heterocycles. The maximum Gasteiger partial charge on any atom is 0.412 e. The smallest absolute Gasteiger partial charge is 0.379 e. The summed E-state index contributed by atoms with van der Waals surface area (Å²) in [5, 5.41) is 0. The summed E-state index contributed by atoms with van der Waals surface area (Å²) in [6, 6.07) is 0.0167. The van der Waals surface area contributed by atoms with E-state index in [-0.39, 0.29) is 18.4 Å². The average molecular weight is 250 g/mol. The van der Waals surface area contributed by atoms with Gasteiger partial charge in [-0.05, 0) is 6.42 Å². The van der Waals surface area contributed by atoms with Crippen LogP contribution in [0.2, 0.25) is 0 Å². The van der Waals surface area contributed by atoms with Crippen molar-refractivity contribution in [3.8, 4) is 0 Å². The van der Waals surface area contributed by atoms with E-state index < -0.39 is 11.7 Å². The molecule has 0 aromatic heterocycles. The molecule has 2 atom stereocenters. The SMILES string of the molecule is NC1COCC1CN1CC=C(C(F)(F)F)CC1. The Bertz CT molecular complexity index is 304. The van der Waals surface area contributed by atoms with Gasteiger partial charge in [0.2, 0.25) is 0 Å². The lowest BCUT2D eigenvalue weighted by Crippen LogP contribution is -2.41. The molecule has 0 amide bonds. The molecule has 2 unspecified atom stereocenters. The fourth-order valence-electron chi connectivity index (χ4n) is 2.27. The summed E-state index contributed by atoms with van der Waals surface area (Å²) in [7, 11) is 0. The van der Waals surface area contributed by atoms with Crippen molar-refractivity contribution in [2.24, 2.45) is 11.7 Å². The van der Waals surface area contributed by atoms with E-state index in [4.69, 9.17) is 10.5 Å². The molecular formula is C11H17F3N2O. The molecule has 2 rings (SSSR count). The van der Waals surface area contributed by atoms with E-state index in [0.717, 1.165) is 6.54 Å². The standard InChI is InChI=1S/C11H17F3N2O/c12-11(13,14)9-1-3-16(4-2-9)5-8-6-17-7-10(8)15/h1,8,10H,2-7,15H2. The van der Waals surface area contributed by atoms with Crippen molar-refractivity contribution < 1.29 is 17.9 Å². The first-order valence-electron chi connectivity index (χ1n) is 5.78. The van der Waals surface area contributed by atoms with Crippen LogP contribution in [-0.4, -0.2) is 50.0 Å². The normalized spacial score (nSPS) is 31.6. The Morgan fingerprint density at radius 1 is 1.41 bits per heavy atom. The number of halogens is 3. The van der Waals surface area contributed by atoms with Gasteiger partial charge < -0.3 is 10.5 Å². The Hall–Kier alpha value is -0.590. The summed E-state index contributed by atoms with van der Waals surface area (Å²) < 4.78 is 42.5. The van der Waals surface area contributed by atoms with Gasteiger partial charge in [-0.1, -0.05) is 6.08 Å². The van der Waals surface area contributed by atoms with Gasteiger partial charge in [-0.15, -0.1) is 0 Å². The third-order valence-electron chi connectivity index (χ3n) is 3.40. The number of ether oxygens (including phenoxy) is 1. The molecule has 0 aromatic rings. The molecule has 6 heteroatoms. The largest absolute Gasteiger partial charge is 0.412 e. The van der Waals surface area contributed by atoms with E-state index in [1.165, 1.54) is 6.08 Å². The topological polar surface area (TPSA) is 38.5 Å². The molecule has 2 aliphatic rings. The highest BCUT2D eigenvalue weighted by Gasteiger charge is 2.35. The number of rotatable bonds is 2. The van der Waals surface area contributed by atoms with Crippen LogP contribution in [-0.2, 0) is 4.74 Å². The zero-order valence-electron chi connectivity index (χ0n) is 9.54. The quantitative estimate of drug-likeness (QED) is 0.747. The van der Waals surface area contributed by atoms with Gasteiger partial charge in [0, 0.05) is 37.2 Å². The number of hydrogen-bond donors (Lipinski definition) is 1. The molecule has 2 heterocycles. The zero-order valence-corrected chi connectivity index (χ0v) is 9.54. The monoisotopic (exact) mass is 250 g/mol. The van der Waals surface area contributed by atoms with E-state index >= 15 is 0 Å². The highest BCUT2D eigenvalue weighted by molar-refractivity contribution is 5.13. The van der Waals surface area contributed by atoms with Gasteiger partial charge in [0.15, 0.2) is 0 Å². The molecule has 0 aliphatic carbocycles. The van der Waals surface area contributed by atoms with Crippen molar-refractivity contribution in [2.45, 2.75) is 18.6 Å². The van der Waals surface area contributed by atoms with Crippen molar-refractivity contribution in [3.05, 3.63) is 11.6 Å². The second-order valence-corrected chi connectivity index (χ2v) is 4.70. The Balaban J connectivity index is 1.85. The van der Waals surface area contributed by atoms with Gasteiger partial charge in [0.25, 0.3) is 0 Å². The van der Waals surface area contributed by atoms with Crippen molar-refractivity contribution in [2.75, 3.05) is 32.8 Å². The third kappa shape index (κ3) is 3.20. The highest BCUT2D eigenvalue weighted by atomic mass is 19.4. The maximum absolute atomic E-state index is 12.4. The molecule has 98 valence electrons. The predicted molar refractivity (Wildman–Crippen MR) is 57.5 cm³/mol. The molecule has 2 N–H and O–H groups in total. The summed E-state index contributed by atoms with van der Waals surface area (Å²) >= 11 is 0. The van der Waals surface area contributed by atoms with Gasteiger partial charge >= 0.3 is 6.18 Å². The summed E-state index contributed by atoms with van der Waals surface area (Å²) in [6.45, 7) is 2.71. The first-order valence-corrected chi connectivity index (χ1v) is 5.78. The van der Waals surface area contributed by atoms with Crippen molar-refractivity contribution in [1.29, 1.82) is 0 Å². The van der Waals surface area contributed by atoms with Crippen LogP contribution in [0, 0.1) is 5.92 Å². The van der Waals surface area contributed by atoms with Gasteiger partial charge in [-0.3, -0.25) is 4.90 Å². The number of hydrogen-bond acceptors (Lipinski definition) is 3. The number of alkyl halides is 3. The lowest BCUT2D eigenvalue weighted by molar-refractivity contribution is -0.0961. The van der Waals surface area contributed by atoms with Crippen molar-refractivity contribution in [3.63, 3.8) is 0 Å². The predicted octanol–water partition coefficient (Wildman–Crippen LogP) is 1.15. The highest BCUT2D eigenvalue weighted by Crippen LogP contribution is 2.30. The van der Waals surface area contributed by atoms with Crippen LogP contribution in [0.15, 0.2) is 11.6 Å². The second kappa shape index (κ2) is 4.96. The van der Waals surface area contributed by atoms with Crippen LogP contribution < -0.4 is 5.73 Å². The molecule has 0 aromatic carbocycles. The Morgan fingerprint density at radius 3 is 2.65 bits per heavy atom. The lowest BCUT2D eigenvalue weighted by atomic mass is 10.0. The average Bonchev–Trinajstić information content (AvgIpc) is 2.64. The summed E-state index contributed by atoms with van der Waals surface area (Å²) in [5.74, 6) is 0.246. The van der Waals surface area contributed by atoms with E-state index in [1.807, 2.05) is 4.90 Å². The summed E-state index contributed by atoms with van der Waals surface area (Å²) in [4.78, 5) is 2.01. The second-order valence-electron chi connectivity index (χ2n) is 4.70. The lowest BCUT2D eigenvalue weighted by Gasteiger charge is -2.29. The van der Waals surface area contributed by atoms with E-state index in [2.05, 4.69) is 0 Å². The van der Waals surface area contributed by atoms with E-state index in [9.17, 15) is 13.2 Å². The molecule has 0 saturated carbocycles. The van der Waals surface area contributed by atoms with Crippen molar-refractivity contribution in [1.82, 2.24) is 4.90 Å². The van der Waals surface area contributed by atoms with Crippen LogP contribution in [0.4, 0.5) is 13.2 Å². The zero-order chi connectivity index (χ0) is 12.5. The Labute approximate surface area is 98.4 Å². The first-order chi connectivity index (χ1) is 7.97. The van der Waals surface area contributed by atoms with Gasteiger partial charge in [0.1, 0.15) is 0 Å². The van der Waals surface area contributed by atoms with Crippen LogP contribution >= 0.6 is 0 Å². The maximum atomic E-state index is 12.4. The molecule has 0 bridgehead atoms. The minimum Gasteiger partial charge on any atom is -0.379 e. The minimum absolute atomic E-state index is 0.0167.